The molecule has 0 radical (unpaired) electrons. The Morgan fingerprint density at radius 1 is 0.767 bits per heavy atom. The van der Waals surface area contributed by atoms with E-state index in [4.69, 9.17) is 0 Å². The fraction of sp³-hybridized carbons (Fsp3) is 0.143. The van der Waals surface area contributed by atoms with Crippen molar-refractivity contribution in [1.82, 2.24) is 20.5 Å². The first kappa shape index (κ1) is 29.0. The Morgan fingerprint density at radius 3 is 2.33 bits per heavy atom. The van der Waals surface area contributed by atoms with Crippen LogP contribution in [0.2, 0.25) is 0 Å². The molecule has 1 aromatic heterocycles. The highest BCUT2D eigenvalue weighted by Crippen LogP contribution is 2.24. The van der Waals surface area contributed by atoms with Crippen LogP contribution in [0.4, 0.5) is 0 Å². The van der Waals surface area contributed by atoms with Gasteiger partial charge in [-0.15, -0.1) is 0 Å². The number of allylic oxidation sites excluding steroid dienone is 1. The fourth-order valence-electron chi connectivity index (χ4n) is 5.02. The topological polar surface area (TPSA) is 109 Å². The predicted octanol–water partition coefficient (Wildman–Crippen LogP) is 5.30. The van der Waals surface area contributed by atoms with E-state index in [1.165, 1.54) is 6.08 Å². The number of benzene rings is 4. The van der Waals surface area contributed by atoms with Crippen molar-refractivity contribution < 1.29 is 19.2 Å². The molecule has 5 rings (SSSR count). The molecule has 216 valence electrons. The second-order valence-electron chi connectivity index (χ2n) is 10.1. The van der Waals surface area contributed by atoms with Crippen LogP contribution >= 0.6 is 0 Å². The number of nitrogens with zero attached hydrogens (tertiary/aromatic N) is 1. The van der Waals surface area contributed by atoms with Gasteiger partial charge in [0.2, 0.25) is 0 Å². The van der Waals surface area contributed by atoms with E-state index >= 15 is 0 Å². The van der Waals surface area contributed by atoms with Crippen molar-refractivity contribution in [2.24, 2.45) is 0 Å². The summed E-state index contributed by atoms with van der Waals surface area (Å²) in [5.41, 5.74) is 2.83. The van der Waals surface area contributed by atoms with E-state index in [2.05, 4.69) is 16.0 Å². The van der Waals surface area contributed by atoms with Crippen molar-refractivity contribution >= 4 is 45.3 Å². The van der Waals surface area contributed by atoms with Gasteiger partial charge in [-0.2, -0.15) is 0 Å². The van der Waals surface area contributed by atoms with Gasteiger partial charge in [0.15, 0.2) is 0 Å². The van der Waals surface area contributed by atoms with Crippen LogP contribution in [0.1, 0.15) is 45.7 Å². The number of carbonyl (C=O) groups is 4. The molecular formula is C35H32N4O4. The summed E-state index contributed by atoms with van der Waals surface area (Å²) in [6.45, 7) is 2.13. The summed E-state index contributed by atoms with van der Waals surface area (Å²) < 4.78 is 1.56. The zero-order valence-corrected chi connectivity index (χ0v) is 23.7. The molecule has 43 heavy (non-hydrogen) atoms. The lowest BCUT2D eigenvalue weighted by atomic mass is 9.99. The summed E-state index contributed by atoms with van der Waals surface area (Å²) >= 11 is 0. The standard InChI is InChI=1S/C35H32N4O4/c1-24(28-17-10-14-25-11-2-5-15-29(25)28)38-33(41)30-16-6-3-13-27(30)23-37-35(43)34(42)36-21-9-8-19-32(40)39-22-20-26-12-4-7-18-31(26)39/h2-8,10-20,22,24H,9,21,23H2,1H3,(H,36,42)(H,37,43)(H,38,41)/b19-8+/t24-/m1/s1. The number of hydrogen-bond acceptors (Lipinski definition) is 4. The Kier molecular flexibility index (Phi) is 9.07. The maximum absolute atomic E-state index is 13.2. The smallest absolute Gasteiger partial charge is 0.309 e. The Bertz CT molecular complexity index is 1830. The number of rotatable bonds is 9. The van der Waals surface area contributed by atoms with Crippen LogP contribution in [0.3, 0.4) is 0 Å². The summed E-state index contributed by atoms with van der Waals surface area (Å²) in [7, 11) is 0. The second kappa shape index (κ2) is 13.4. The third-order valence-electron chi connectivity index (χ3n) is 7.24. The minimum atomic E-state index is -0.807. The van der Waals surface area contributed by atoms with Gasteiger partial charge in [0, 0.05) is 30.2 Å². The van der Waals surface area contributed by atoms with Gasteiger partial charge < -0.3 is 16.0 Å². The number of nitrogens with one attached hydrogen (secondary N) is 3. The highest BCUT2D eigenvalue weighted by Gasteiger charge is 2.18. The summed E-state index contributed by atoms with van der Waals surface area (Å²) in [5, 5.41) is 11.3. The third kappa shape index (κ3) is 6.87. The van der Waals surface area contributed by atoms with Crippen molar-refractivity contribution in [3.05, 3.63) is 132 Å². The summed E-state index contributed by atoms with van der Waals surface area (Å²) in [5.74, 6) is -2.07. The summed E-state index contributed by atoms with van der Waals surface area (Å²) in [6.07, 6.45) is 5.20. The molecule has 0 saturated carbocycles. The molecule has 0 aliphatic heterocycles. The maximum Gasteiger partial charge on any atom is 0.309 e. The lowest BCUT2D eigenvalue weighted by Gasteiger charge is -2.18. The number of carbonyl (C=O) groups excluding carboxylic acids is 4. The molecule has 8 heteroatoms. The van der Waals surface area contributed by atoms with Gasteiger partial charge in [-0.25, -0.2) is 0 Å². The van der Waals surface area contributed by atoms with Crippen LogP contribution in [0.25, 0.3) is 21.7 Å². The first-order valence-corrected chi connectivity index (χ1v) is 14.1. The van der Waals surface area contributed by atoms with Crippen LogP contribution in [0.15, 0.2) is 115 Å². The minimum absolute atomic E-state index is 0.0116. The monoisotopic (exact) mass is 572 g/mol. The maximum atomic E-state index is 13.2. The average Bonchev–Trinajstić information content (AvgIpc) is 3.47. The lowest BCUT2D eigenvalue weighted by Crippen LogP contribution is -2.40. The van der Waals surface area contributed by atoms with E-state index in [-0.39, 0.29) is 30.9 Å². The van der Waals surface area contributed by atoms with Crippen LogP contribution in [-0.2, 0) is 16.1 Å². The van der Waals surface area contributed by atoms with Gasteiger partial charge in [0.1, 0.15) is 0 Å². The minimum Gasteiger partial charge on any atom is -0.348 e. The quantitative estimate of drug-likeness (QED) is 0.126. The van der Waals surface area contributed by atoms with Gasteiger partial charge in [0.25, 0.3) is 11.8 Å². The second-order valence-corrected chi connectivity index (χ2v) is 10.1. The number of hydrogen-bond donors (Lipinski definition) is 3. The zero-order chi connectivity index (χ0) is 30.2. The molecule has 0 aliphatic carbocycles. The fourth-order valence-corrected chi connectivity index (χ4v) is 5.02. The third-order valence-corrected chi connectivity index (χ3v) is 7.24. The molecule has 0 saturated heterocycles. The number of fused-ring (bicyclic) bond motifs is 2. The zero-order valence-electron chi connectivity index (χ0n) is 23.7. The van der Waals surface area contributed by atoms with Crippen molar-refractivity contribution in [3.63, 3.8) is 0 Å². The van der Waals surface area contributed by atoms with E-state index in [1.807, 2.05) is 79.7 Å². The summed E-state index contributed by atoms with van der Waals surface area (Å²) in [4.78, 5) is 50.5. The van der Waals surface area contributed by atoms with Gasteiger partial charge in [-0.3, -0.25) is 23.7 Å². The van der Waals surface area contributed by atoms with E-state index in [9.17, 15) is 19.2 Å². The van der Waals surface area contributed by atoms with Crippen molar-refractivity contribution in [2.75, 3.05) is 6.54 Å². The Morgan fingerprint density at radius 2 is 1.47 bits per heavy atom. The molecule has 1 heterocycles. The first-order valence-electron chi connectivity index (χ1n) is 14.1. The molecule has 0 spiro atoms. The van der Waals surface area contributed by atoms with Gasteiger partial charge in [-0.1, -0.05) is 84.9 Å². The highest BCUT2D eigenvalue weighted by atomic mass is 16.2. The van der Waals surface area contributed by atoms with Gasteiger partial charge in [0.05, 0.1) is 11.6 Å². The molecule has 3 amide bonds. The Balaban J connectivity index is 1.10. The van der Waals surface area contributed by atoms with E-state index < -0.39 is 11.8 Å². The average molecular weight is 573 g/mol. The van der Waals surface area contributed by atoms with Gasteiger partial charge >= 0.3 is 11.8 Å². The predicted molar refractivity (Wildman–Crippen MR) is 167 cm³/mol. The molecule has 0 fully saturated rings. The molecular weight excluding hydrogens is 540 g/mol. The van der Waals surface area contributed by atoms with E-state index in [0.29, 0.717) is 17.5 Å². The highest BCUT2D eigenvalue weighted by molar-refractivity contribution is 6.35. The molecule has 1 atom stereocenters. The number of amides is 3. The molecule has 3 N–H and O–H groups in total. The Hall–Kier alpha value is -5.50. The molecule has 0 unspecified atom stereocenters. The first-order chi connectivity index (χ1) is 20.9. The van der Waals surface area contributed by atoms with Crippen molar-refractivity contribution in [2.45, 2.75) is 25.9 Å². The molecule has 5 aromatic rings. The molecule has 4 aromatic carbocycles. The van der Waals surface area contributed by atoms with E-state index in [0.717, 1.165) is 27.2 Å². The normalized spacial score (nSPS) is 11.8. The largest absolute Gasteiger partial charge is 0.348 e. The van der Waals surface area contributed by atoms with Crippen molar-refractivity contribution in [3.8, 4) is 0 Å². The lowest BCUT2D eigenvalue weighted by molar-refractivity contribution is -0.139. The van der Waals surface area contributed by atoms with Crippen LogP contribution < -0.4 is 16.0 Å². The number of aromatic nitrogens is 1. The van der Waals surface area contributed by atoms with Gasteiger partial charge in [-0.05, 0) is 59.5 Å². The number of para-hydroxylation sites is 1. The summed E-state index contributed by atoms with van der Waals surface area (Å²) in [6, 6.07) is 30.2. The van der Waals surface area contributed by atoms with Crippen LogP contribution in [0.5, 0.6) is 0 Å². The molecule has 8 nitrogen and oxygen atoms in total. The van der Waals surface area contributed by atoms with Crippen LogP contribution in [0, 0.1) is 0 Å². The Labute approximate surface area is 249 Å². The van der Waals surface area contributed by atoms with E-state index in [1.54, 1.807) is 41.1 Å². The molecule has 0 aliphatic rings. The molecule has 0 bridgehead atoms. The SMILES string of the molecule is C[C@@H](NC(=O)c1ccccc1CNC(=O)C(=O)NCC/C=C/C(=O)n1ccc2ccccc21)c1cccc2ccccc12. The van der Waals surface area contributed by atoms with Crippen LogP contribution in [-0.4, -0.2) is 34.7 Å². The van der Waals surface area contributed by atoms with Crippen molar-refractivity contribution in [1.29, 1.82) is 0 Å².